The summed E-state index contributed by atoms with van der Waals surface area (Å²) in [4.78, 5) is 13.8. The van der Waals surface area contributed by atoms with Crippen LogP contribution >= 0.6 is 0 Å². The maximum atomic E-state index is 13.7. The first-order chi connectivity index (χ1) is 8.08. The van der Waals surface area contributed by atoms with Crippen LogP contribution < -0.4 is 5.73 Å². The molecule has 3 nitrogen and oxygen atoms in total. The van der Waals surface area contributed by atoms with Crippen LogP contribution in [0.4, 0.5) is 4.39 Å². The zero-order chi connectivity index (χ0) is 12.4. The van der Waals surface area contributed by atoms with Crippen LogP contribution in [0.25, 0.3) is 0 Å². The van der Waals surface area contributed by atoms with Crippen LogP contribution in [0, 0.1) is 12.7 Å². The van der Waals surface area contributed by atoms with Crippen molar-refractivity contribution in [3.8, 4) is 0 Å². The zero-order valence-electron chi connectivity index (χ0n) is 9.95. The number of nitrogens with zero attached hydrogens (tertiary/aromatic N) is 1. The number of aryl methyl sites for hydroxylation is 1. The van der Waals surface area contributed by atoms with Gasteiger partial charge >= 0.3 is 0 Å². The summed E-state index contributed by atoms with van der Waals surface area (Å²) in [6, 6.07) is 4.87. The molecule has 1 aromatic carbocycles. The van der Waals surface area contributed by atoms with E-state index in [9.17, 15) is 9.18 Å². The first kappa shape index (κ1) is 12.0. The summed E-state index contributed by atoms with van der Waals surface area (Å²) >= 11 is 0. The molecular formula is C13H17FN2O. The predicted molar refractivity (Wildman–Crippen MR) is 64.2 cm³/mol. The molecule has 0 atom stereocenters. The lowest BCUT2D eigenvalue weighted by atomic mass is 10.0. The molecule has 0 radical (unpaired) electrons. The second-order valence-corrected chi connectivity index (χ2v) is 4.61. The van der Waals surface area contributed by atoms with E-state index < -0.39 is 5.82 Å². The lowest BCUT2D eigenvalue weighted by Crippen LogP contribution is -2.43. The number of nitrogens with two attached hydrogens (primary N) is 1. The largest absolute Gasteiger partial charge is 0.338 e. The third-order valence-corrected chi connectivity index (χ3v) is 3.18. The molecule has 2 rings (SSSR count). The molecule has 1 heterocycles. The summed E-state index contributed by atoms with van der Waals surface area (Å²) in [5.74, 6) is -0.667. The van der Waals surface area contributed by atoms with Crippen molar-refractivity contribution in [2.24, 2.45) is 5.73 Å². The lowest BCUT2D eigenvalue weighted by molar-refractivity contribution is 0.0710. The summed E-state index contributed by atoms with van der Waals surface area (Å²) < 4.78 is 13.7. The van der Waals surface area contributed by atoms with Crippen molar-refractivity contribution < 1.29 is 9.18 Å². The number of amides is 1. The first-order valence-corrected chi connectivity index (χ1v) is 5.89. The van der Waals surface area contributed by atoms with Gasteiger partial charge < -0.3 is 10.6 Å². The average Bonchev–Trinajstić information content (AvgIpc) is 2.29. The van der Waals surface area contributed by atoms with Crippen molar-refractivity contribution in [3.63, 3.8) is 0 Å². The molecule has 0 aromatic heterocycles. The molecule has 0 unspecified atom stereocenters. The van der Waals surface area contributed by atoms with Gasteiger partial charge in [-0.25, -0.2) is 4.39 Å². The first-order valence-electron chi connectivity index (χ1n) is 5.89. The Balaban J connectivity index is 2.14. The fourth-order valence-electron chi connectivity index (χ4n) is 2.07. The molecule has 17 heavy (non-hydrogen) atoms. The van der Waals surface area contributed by atoms with Crippen molar-refractivity contribution in [3.05, 3.63) is 35.1 Å². The van der Waals surface area contributed by atoms with Crippen LogP contribution in [-0.2, 0) is 0 Å². The van der Waals surface area contributed by atoms with Crippen LogP contribution in [0.15, 0.2) is 18.2 Å². The summed E-state index contributed by atoms with van der Waals surface area (Å²) in [6.07, 6.45) is 1.58. The Bertz CT molecular complexity index is 425. The van der Waals surface area contributed by atoms with Gasteiger partial charge in [-0.3, -0.25) is 4.79 Å². The predicted octanol–water partition coefficient (Wildman–Crippen LogP) is 1.70. The van der Waals surface area contributed by atoms with E-state index in [2.05, 4.69) is 0 Å². The smallest absolute Gasteiger partial charge is 0.256 e. The van der Waals surface area contributed by atoms with Gasteiger partial charge in [0.25, 0.3) is 5.91 Å². The molecule has 1 aromatic rings. The van der Waals surface area contributed by atoms with Crippen molar-refractivity contribution in [2.45, 2.75) is 25.8 Å². The minimum Gasteiger partial charge on any atom is -0.338 e. The minimum atomic E-state index is -0.440. The van der Waals surface area contributed by atoms with Crippen LogP contribution in [0.5, 0.6) is 0 Å². The molecule has 2 N–H and O–H groups in total. The van der Waals surface area contributed by atoms with E-state index in [1.165, 1.54) is 6.07 Å². The van der Waals surface area contributed by atoms with Gasteiger partial charge in [0.15, 0.2) is 0 Å². The van der Waals surface area contributed by atoms with Crippen molar-refractivity contribution >= 4 is 5.91 Å². The Kier molecular flexibility index (Phi) is 3.43. The fraction of sp³-hybridized carbons (Fsp3) is 0.462. The zero-order valence-corrected chi connectivity index (χ0v) is 9.95. The van der Waals surface area contributed by atoms with Crippen LogP contribution in [0.1, 0.15) is 28.8 Å². The number of hydrogen-bond acceptors (Lipinski definition) is 2. The summed E-state index contributed by atoms with van der Waals surface area (Å²) in [7, 11) is 0. The summed E-state index contributed by atoms with van der Waals surface area (Å²) in [5, 5.41) is 0. The van der Waals surface area contributed by atoms with Gasteiger partial charge in [0.2, 0.25) is 0 Å². The van der Waals surface area contributed by atoms with Gasteiger partial charge in [-0.1, -0.05) is 6.07 Å². The van der Waals surface area contributed by atoms with E-state index in [0.29, 0.717) is 13.1 Å². The number of benzene rings is 1. The topological polar surface area (TPSA) is 46.3 Å². The fourth-order valence-corrected chi connectivity index (χ4v) is 2.07. The van der Waals surface area contributed by atoms with Gasteiger partial charge in [-0.2, -0.15) is 0 Å². The molecule has 1 saturated heterocycles. The number of rotatable bonds is 1. The monoisotopic (exact) mass is 236 g/mol. The molecule has 1 fully saturated rings. The number of halogens is 1. The van der Waals surface area contributed by atoms with E-state index in [1.807, 2.05) is 0 Å². The van der Waals surface area contributed by atoms with Gasteiger partial charge in [0, 0.05) is 19.1 Å². The Morgan fingerprint density at radius 2 is 2.06 bits per heavy atom. The van der Waals surface area contributed by atoms with E-state index in [0.717, 1.165) is 18.4 Å². The van der Waals surface area contributed by atoms with Gasteiger partial charge in [-0.15, -0.1) is 0 Å². The molecule has 0 spiro atoms. The van der Waals surface area contributed by atoms with Crippen LogP contribution in [0.2, 0.25) is 0 Å². The second-order valence-electron chi connectivity index (χ2n) is 4.61. The number of piperidine rings is 1. The van der Waals surface area contributed by atoms with E-state index in [1.54, 1.807) is 24.0 Å². The Morgan fingerprint density at radius 3 is 2.65 bits per heavy atom. The van der Waals surface area contributed by atoms with Gasteiger partial charge in [0.1, 0.15) is 5.82 Å². The highest BCUT2D eigenvalue weighted by Crippen LogP contribution is 2.16. The molecule has 0 bridgehead atoms. The summed E-state index contributed by atoms with van der Waals surface area (Å²) in [6.45, 7) is 3.04. The highest BCUT2D eigenvalue weighted by atomic mass is 19.1. The highest BCUT2D eigenvalue weighted by Gasteiger charge is 2.23. The van der Waals surface area contributed by atoms with Gasteiger partial charge in [-0.05, 0) is 37.5 Å². The molecule has 4 heteroatoms. The van der Waals surface area contributed by atoms with E-state index in [4.69, 9.17) is 5.73 Å². The molecule has 1 amide bonds. The van der Waals surface area contributed by atoms with Crippen LogP contribution in [0.3, 0.4) is 0 Å². The standard InChI is InChI=1S/C13H17FN2O/c1-9-2-3-11(12(14)8-9)13(17)16-6-4-10(15)5-7-16/h2-3,8,10H,4-7,15H2,1H3. The molecule has 92 valence electrons. The SMILES string of the molecule is Cc1ccc(C(=O)N2CCC(N)CC2)c(F)c1. The molecule has 1 aliphatic heterocycles. The average molecular weight is 236 g/mol. The number of likely N-dealkylation sites (tertiary alicyclic amines) is 1. The number of carbonyl (C=O) groups excluding carboxylic acids is 1. The quantitative estimate of drug-likeness (QED) is 0.806. The third kappa shape index (κ3) is 2.64. The number of hydrogen-bond donors (Lipinski definition) is 1. The van der Waals surface area contributed by atoms with Crippen LogP contribution in [-0.4, -0.2) is 29.9 Å². The van der Waals surface area contributed by atoms with E-state index >= 15 is 0 Å². The minimum absolute atomic E-state index is 0.158. The van der Waals surface area contributed by atoms with Crippen molar-refractivity contribution in [1.29, 1.82) is 0 Å². The molecular weight excluding hydrogens is 219 g/mol. The third-order valence-electron chi connectivity index (χ3n) is 3.18. The van der Waals surface area contributed by atoms with Crippen molar-refractivity contribution in [1.82, 2.24) is 4.90 Å². The highest BCUT2D eigenvalue weighted by molar-refractivity contribution is 5.94. The Labute approximate surface area is 100 Å². The second kappa shape index (κ2) is 4.84. The number of carbonyl (C=O) groups is 1. The van der Waals surface area contributed by atoms with E-state index in [-0.39, 0.29) is 17.5 Å². The van der Waals surface area contributed by atoms with Crippen molar-refractivity contribution in [2.75, 3.05) is 13.1 Å². The normalized spacial score (nSPS) is 17.2. The Hall–Kier alpha value is -1.42. The summed E-state index contributed by atoms with van der Waals surface area (Å²) in [5.41, 5.74) is 6.75. The molecule has 1 aliphatic rings. The maximum Gasteiger partial charge on any atom is 0.256 e. The maximum absolute atomic E-state index is 13.7. The molecule has 0 aliphatic carbocycles. The lowest BCUT2D eigenvalue weighted by Gasteiger charge is -2.30. The Morgan fingerprint density at radius 1 is 1.41 bits per heavy atom. The molecule has 0 saturated carbocycles. The van der Waals surface area contributed by atoms with Gasteiger partial charge in [0.05, 0.1) is 5.56 Å².